The van der Waals surface area contributed by atoms with E-state index in [1.807, 2.05) is 0 Å². The number of thiophene rings is 1. The molecule has 0 N–H and O–H groups in total. The van der Waals surface area contributed by atoms with Gasteiger partial charge in [0.2, 0.25) is 0 Å². The SMILES string of the molecule is CC(C)(C)C1CCc2sc(C(=O)N3CCN(CC4CCCO4)CC3)cc2C1. The number of amides is 1. The lowest BCUT2D eigenvalue weighted by Crippen LogP contribution is -2.50. The van der Waals surface area contributed by atoms with Crippen LogP contribution in [-0.4, -0.2) is 61.1 Å². The van der Waals surface area contributed by atoms with Crippen LogP contribution in [0, 0.1) is 11.3 Å². The van der Waals surface area contributed by atoms with E-state index in [-0.39, 0.29) is 5.91 Å². The molecule has 3 aliphatic rings. The Labute approximate surface area is 167 Å². The molecule has 0 saturated carbocycles. The molecule has 3 heterocycles. The molecule has 4 rings (SSSR count). The third kappa shape index (κ3) is 4.41. The summed E-state index contributed by atoms with van der Waals surface area (Å²) in [4.78, 5) is 20.0. The van der Waals surface area contributed by atoms with E-state index in [9.17, 15) is 4.79 Å². The van der Waals surface area contributed by atoms with Crippen LogP contribution in [0.1, 0.15) is 60.1 Å². The maximum atomic E-state index is 13.0. The summed E-state index contributed by atoms with van der Waals surface area (Å²) in [6.45, 7) is 12.6. The highest BCUT2D eigenvalue weighted by atomic mass is 32.1. The maximum Gasteiger partial charge on any atom is 0.264 e. The van der Waals surface area contributed by atoms with Crippen LogP contribution in [0.4, 0.5) is 0 Å². The minimum absolute atomic E-state index is 0.249. The number of ether oxygens (including phenoxy) is 1. The molecule has 2 unspecified atom stereocenters. The van der Waals surface area contributed by atoms with Gasteiger partial charge in [-0.2, -0.15) is 0 Å². The van der Waals surface area contributed by atoms with Crippen LogP contribution in [0.3, 0.4) is 0 Å². The predicted molar refractivity (Wildman–Crippen MR) is 111 cm³/mol. The van der Waals surface area contributed by atoms with Gasteiger partial charge in [0.1, 0.15) is 0 Å². The van der Waals surface area contributed by atoms with E-state index in [4.69, 9.17) is 4.74 Å². The van der Waals surface area contributed by atoms with Crippen LogP contribution in [0.2, 0.25) is 0 Å². The van der Waals surface area contributed by atoms with E-state index >= 15 is 0 Å². The molecule has 2 fully saturated rings. The van der Waals surface area contributed by atoms with Gasteiger partial charge in [0.15, 0.2) is 0 Å². The largest absolute Gasteiger partial charge is 0.377 e. The molecule has 0 spiro atoms. The number of piperazine rings is 1. The van der Waals surface area contributed by atoms with E-state index in [1.165, 1.54) is 29.7 Å². The van der Waals surface area contributed by atoms with Crippen molar-refractivity contribution in [2.75, 3.05) is 39.3 Å². The molecule has 5 heteroatoms. The number of aryl methyl sites for hydroxylation is 1. The second kappa shape index (κ2) is 7.84. The summed E-state index contributed by atoms with van der Waals surface area (Å²) < 4.78 is 5.76. The van der Waals surface area contributed by atoms with E-state index in [1.54, 1.807) is 11.3 Å². The lowest BCUT2D eigenvalue weighted by Gasteiger charge is -2.35. The molecule has 2 atom stereocenters. The summed E-state index contributed by atoms with van der Waals surface area (Å²) in [5.41, 5.74) is 1.79. The molecular weight excluding hydrogens is 356 g/mol. The zero-order valence-electron chi connectivity index (χ0n) is 17.1. The van der Waals surface area contributed by atoms with Crippen molar-refractivity contribution in [1.29, 1.82) is 0 Å². The van der Waals surface area contributed by atoms with Crippen molar-refractivity contribution in [3.8, 4) is 0 Å². The molecule has 0 aromatic carbocycles. The molecule has 4 nitrogen and oxygen atoms in total. The summed E-state index contributed by atoms with van der Waals surface area (Å²) in [5, 5.41) is 0. The van der Waals surface area contributed by atoms with Gasteiger partial charge in [-0.05, 0) is 55.1 Å². The first kappa shape index (κ1) is 19.4. The summed E-state index contributed by atoms with van der Waals surface area (Å²) in [6, 6.07) is 2.21. The van der Waals surface area contributed by atoms with Crippen molar-refractivity contribution < 1.29 is 9.53 Å². The number of hydrogen-bond donors (Lipinski definition) is 0. The minimum atomic E-state index is 0.249. The molecule has 27 heavy (non-hydrogen) atoms. The van der Waals surface area contributed by atoms with Gasteiger partial charge >= 0.3 is 0 Å². The quantitative estimate of drug-likeness (QED) is 0.786. The van der Waals surface area contributed by atoms with E-state index in [2.05, 4.69) is 36.6 Å². The molecule has 1 aliphatic carbocycles. The second-order valence-electron chi connectivity index (χ2n) is 9.59. The zero-order chi connectivity index (χ0) is 19.0. The molecule has 1 aromatic heterocycles. The lowest BCUT2D eigenvalue weighted by molar-refractivity contribution is 0.0435. The third-order valence-corrected chi connectivity index (χ3v) is 7.89. The summed E-state index contributed by atoms with van der Waals surface area (Å²) in [6.07, 6.45) is 6.33. The molecule has 1 amide bonds. The number of nitrogens with zero attached hydrogens (tertiary/aromatic N) is 2. The second-order valence-corrected chi connectivity index (χ2v) is 10.7. The van der Waals surface area contributed by atoms with Gasteiger partial charge in [-0.25, -0.2) is 0 Å². The Morgan fingerprint density at radius 2 is 2.00 bits per heavy atom. The smallest absolute Gasteiger partial charge is 0.264 e. The number of hydrogen-bond acceptors (Lipinski definition) is 4. The van der Waals surface area contributed by atoms with Gasteiger partial charge in [-0.3, -0.25) is 9.69 Å². The van der Waals surface area contributed by atoms with Crippen molar-refractivity contribution in [2.24, 2.45) is 11.3 Å². The van der Waals surface area contributed by atoms with Gasteiger partial charge in [0.05, 0.1) is 11.0 Å². The monoisotopic (exact) mass is 390 g/mol. The topological polar surface area (TPSA) is 32.8 Å². The summed E-state index contributed by atoms with van der Waals surface area (Å²) in [5.74, 6) is 0.974. The van der Waals surface area contributed by atoms with Crippen molar-refractivity contribution in [2.45, 2.75) is 59.0 Å². The highest BCUT2D eigenvalue weighted by Crippen LogP contribution is 2.40. The molecule has 0 radical (unpaired) electrons. The third-order valence-electron chi connectivity index (χ3n) is 6.66. The van der Waals surface area contributed by atoms with Crippen molar-refractivity contribution in [3.63, 3.8) is 0 Å². The molecule has 2 aliphatic heterocycles. The van der Waals surface area contributed by atoms with Crippen LogP contribution >= 0.6 is 11.3 Å². The Hall–Kier alpha value is -0.910. The number of carbonyl (C=O) groups is 1. The van der Waals surface area contributed by atoms with Gasteiger partial charge < -0.3 is 9.64 Å². The Bertz CT molecular complexity index is 664. The Kier molecular flexibility index (Phi) is 5.64. The van der Waals surface area contributed by atoms with Gasteiger partial charge in [-0.1, -0.05) is 20.8 Å². The Morgan fingerprint density at radius 1 is 1.22 bits per heavy atom. The minimum Gasteiger partial charge on any atom is -0.377 e. The molecule has 0 bridgehead atoms. The highest BCUT2D eigenvalue weighted by Gasteiger charge is 2.32. The van der Waals surface area contributed by atoms with Crippen LogP contribution < -0.4 is 0 Å². The summed E-state index contributed by atoms with van der Waals surface area (Å²) in [7, 11) is 0. The molecular formula is C22H34N2O2S. The first-order valence-corrected chi connectivity index (χ1v) is 11.5. The van der Waals surface area contributed by atoms with Crippen LogP contribution in [-0.2, 0) is 17.6 Å². The zero-order valence-corrected chi connectivity index (χ0v) is 17.9. The van der Waals surface area contributed by atoms with Crippen molar-refractivity contribution in [1.82, 2.24) is 9.80 Å². The normalized spacial score (nSPS) is 27.0. The fraction of sp³-hybridized carbons (Fsp3) is 0.773. The fourth-order valence-electron chi connectivity index (χ4n) is 4.73. The van der Waals surface area contributed by atoms with Crippen LogP contribution in [0.5, 0.6) is 0 Å². The van der Waals surface area contributed by atoms with E-state index < -0.39 is 0 Å². The Morgan fingerprint density at radius 3 is 2.67 bits per heavy atom. The highest BCUT2D eigenvalue weighted by molar-refractivity contribution is 7.14. The van der Waals surface area contributed by atoms with Gasteiger partial charge in [0.25, 0.3) is 5.91 Å². The average Bonchev–Trinajstić information content (AvgIpc) is 3.29. The standard InChI is InChI=1S/C22H34N2O2S/c1-22(2,3)17-6-7-19-16(13-17)14-20(27-19)21(25)24-10-8-23(9-11-24)15-18-5-4-12-26-18/h14,17-18H,4-13,15H2,1-3H3. The molecule has 150 valence electrons. The predicted octanol–water partition coefficient (Wildman–Crippen LogP) is 3.84. The Balaban J connectivity index is 1.34. The fourth-order valence-corrected chi connectivity index (χ4v) is 5.91. The number of fused-ring (bicyclic) bond motifs is 1. The lowest BCUT2D eigenvalue weighted by atomic mass is 9.72. The first-order valence-electron chi connectivity index (χ1n) is 10.6. The van der Waals surface area contributed by atoms with E-state index in [0.29, 0.717) is 11.5 Å². The average molecular weight is 391 g/mol. The van der Waals surface area contributed by atoms with Crippen LogP contribution in [0.25, 0.3) is 0 Å². The van der Waals surface area contributed by atoms with Gasteiger partial charge in [0, 0.05) is 44.2 Å². The molecule has 2 saturated heterocycles. The first-order chi connectivity index (χ1) is 12.9. The summed E-state index contributed by atoms with van der Waals surface area (Å²) >= 11 is 1.75. The number of rotatable bonds is 3. The van der Waals surface area contributed by atoms with Crippen LogP contribution in [0.15, 0.2) is 6.07 Å². The van der Waals surface area contributed by atoms with Crippen molar-refractivity contribution >= 4 is 17.2 Å². The number of carbonyl (C=O) groups excluding carboxylic acids is 1. The van der Waals surface area contributed by atoms with E-state index in [0.717, 1.165) is 63.0 Å². The van der Waals surface area contributed by atoms with Gasteiger partial charge in [-0.15, -0.1) is 11.3 Å². The van der Waals surface area contributed by atoms with Crippen molar-refractivity contribution in [3.05, 3.63) is 21.4 Å². The molecule has 1 aromatic rings. The maximum absolute atomic E-state index is 13.0.